The van der Waals surface area contributed by atoms with E-state index in [2.05, 4.69) is 5.32 Å². The molecule has 1 aliphatic carbocycles. The summed E-state index contributed by atoms with van der Waals surface area (Å²) >= 11 is 5.44. The molecule has 0 atom stereocenters. The van der Waals surface area contributed by atoms with E-state index >= 15 is 0 Å². The van der Waals surface area contributed by atoms with Gasteiger partial charge in [0.2, 0.25) is 0 Å². The molecule has 1 fully saturated rings. The van der Waals surface area contributed by atoms with Gasteiger partial charge in [-0.1, -0.05) is 43.6 Å². The summed E-state index contributed by atoms with van der Waals surface area (Å²) in [6.45, 7) is 0. The fourth-order valence-electron chi connectivity index (χ4n) is 2.28. The maximum absolute atomic E-state index is 5.44. The van der Waals surface area contributed by atoms with Crippen molar-refractivity contribution in [2.75, 3.05) is 7.11 Å². The minimum absolute atomic E-state index is 0.558. The predicted octanol–water partition coefficient (Wildman–Crippen LogP) is 3.29. The molecule has 1 aromatic carbocycles. The van der Waals surface area contributed by atoms with Crippen molar-refractivity contribution < 1.29 is 4.74 Å². The SMILES string of the molecule is COc1cccc(C(=S)NC2CCCCC2)c1. The second kappa shape index (κ2) is 6.01. The third-order valence-electron chi connectivity index (χ3n) is 3.27. The van der Waals surface area contributed by atoms with Crippen LogP contribution in [0.25, 0.3) is 0 Å². The Morgan fingerprint density at radius 2 is 2.06 bits per heavy atom. The van der Waals surface area contributed by atoms with Crippen LogP contribution in [0.3, 0.4) is 0 Å². The second-order valence-electron chi connectivity index (χ2n) is 4.54. The zero-order valence-electron chi connectivity index (χ0n) is 10.2. The molecule has 1 aliphatic rings. The van der Waals surface area contributed by atoms with E-state index in [0.717, 1.165) is 16.3 Å². The van der Waals surface area contributed by atoms with Gasteiger partial charge in [0.15, 0.2) is 0 Å². The minimum atomic E-state index is 0.558. The Labute approximate surface area is 108 Å². The van der Waals surface area contributed by atoms with Gasteiger partial charge in [-0.25, -0.2) is 0 Å². The van der Waals surface area contributed by atoms with Gasteiger partial charge in [-0.2, -0.15) is 0 Å². The first-order valence-corrected chi connectivity index (χ1v) is 6.65. The van der Waals surface area contributed by atoms with E-state index in [1.165, 1.54) is 32.1 Å². The van der Waals surface area contributed by atoms with Crippen LogP contribution in [0.4, 0.5) is 0 Å². The van der Waals surface area contributed by atoms with Gasteiger partial charge < -0.3 is 10.1 Å². The highest BCUT2D eigenvalue weighted by atomic mass is 32.1. The highest BCUT2D eigenvalue weighted by Crippen LogP contribution is 2.19. The first kappa shape index (κ1) is 12.4. The molecule has 0 amide bonds. The number of rotatable bonds is 3. The summed E-state index contributed by atoms with van der Waals surface area (Å²) in [5.74, 6) is 0.857. The van der Waals surface area contributed by atoms with Crippen molar-refractivity contribution in [3.63, 3.8) is 0 Å². The van der Waals surface area contributed by atoms with Crippen LogP contribution in [0.1, 0.15) is 37.7 Å². The Kier molecular flexibility index (Phi) is 4.37. The first-order valence-electron chi connectivity index (χ1n) is 6.24. The summed E-state index contributed by atoms with van der Waals surface area (Å²) in [6.07, 6.45) is 6.48. The van der Waals surface area contributed by atoms with Crippen molar-refractivity contribution >= 4 is 17.2 Å². The van der Waals surface area contributed by atoms with Crippen LogP contribution >= 0.6 is 12.2 Å². The molecule has 2 rings (SSSR count). The molecule has 1 N–H and O–H groups in total. The van der Waals surface area contributed by atoms with Crippen LogP contribution in [0, 0.1) is 0 Å². The van der Waals surface area contributed by atoms with Crippen molar-refractivity contribution in [1.29, 1.82) is 0 Å². The van der Waals surface area contributed by atoms with Crippen LogP contribution in [-0.4, -0.2) is 18.1 Å². The summed E-state index contributed by atoms with van der Waals surface area (Å²) < 4.78 is 5.21. The standard InChI is InChI=1S/C14H19NOS/c1-16-13-9-5-6-11(10-13)14(17)15-12-7-3-2-4-8-12/h5-6,9-10,12H,2-4,7-8H2,1H3,(H,15,17). The fraction of sp³-hybridized carbons (Fsp3) is 0.500. The van der Waals surface area contributed by atoms with Gasteiger partial charge in [0.25, 0.3) is 0 Å². The molecule has 0 radical (unpaired) electrons. The molecular formula is C14H19NOS. The van der Waals surface area contributed by atoms with E-state index < -0.39 is 0 Å². The lowest BCUT2D eigenvalue weighted by Crippen LogP contribution is -2.35. The molecule has 92 valence electrons. The monoisotopic (exact) mass is 249 g/mol. The lowest BCUT2D eigenvalue weighted by Gasteiger charge is -2.24. The number of thiocarbonyl (C=S) groups is 1. The molecule has 0 heterocycles. The van der Waals surface area contributed by atoms with Crippen LogP contribution in [-0.2, 0) is 0 Å². The van der Waals surface area contributed by atoms with Crippen molar-refractivity contribution in [2.45, 2.75) is 38.1 Å². The number of hydrogen-bond acceptors (Lipinski definition) is 2. The zero-order valence-corrected chi connectivity index (χ0v) is 11.1. The number of benzene rings is 1. The van der Waals surface area contributed by atoms with Crippen LogP contribution in [0.15, 0.2) is 24.3 Å². The van der Waals surface area contributed by atoms with E-state index in [1.54, 1.807) is 7.11 Å². The molecule has 0 aromatic heterocycles. The van der Waals surface area contributed by atoms with E-state index in [1.807, 2.05) is 24.3 Å². The summed E-state index contributed by atoms with van der Waals surface area (Å²) in [6, 6.07) is 8.48. The van der Waals surface area contributed by atoms with Crippen LogP contribution in [0.2, 0.25) is 0 Å². The van der Waals surface area contributed by atoms with E-state index in [9.17, 15) is 0 Å². The third-order valence-corrected chi connectivity index (χ3v) is 3.63. The Hall–Kier alpha value is -1.09. The molecule has 0 unspecified atom stereocenters. The number of nitrogens with one attached hydrogen (secondary N) is 1. The third kappa shape index (κ3) is 3.43. The summed E-state index contributed by atoms with van der Waals surface area (Å²) in [5, 5.41) is 3.46. The summed E-state index contributed by atoms with van der Waals surface area (Å²) in [4.78, 5) is 0.843. The van der Waals surface area contributed by atoms with E-state index in [-0.39, 0.29) is 0 Å². The molecular weight excluding hydrogens is 230 g/mol. The fourth-order valence-corrected chi connectivity index (χ4v) is 2.57. The molecule has 3 heteroatoms. The largest absolute Gasteiger partial charge is 0.497 e. The van der Waals surface area contributed by atoms with Gasteiger partial charge in [0, 0.05) is 11.6 Å². The van der Waals surface area contributed by atoms with Gasteiger partial charge in [0.1, 0.15) is 10.7 Å². The van der Waals surface area contributed by atoms with E-state index in [4.69, 9.17) is 17.0 Å². The predicted molar refractivity (Wildman–Crippen MR) is 74.7 cm³/mol. The van der Waals surface area contributed by atoms with Gasteiger partial charge in [-0.15, -0.1) is 0 Å². The maximum atomic E-state index is 5.44. The number of hydrogen-bond donors (Lipinski definition) is 1. The lowest BCUT2D eigenvalue weighted by molar-refractivity contribution is 0.412. The van der Waals surface area contributed by atoms with Crippen molar-refractivity contribution in [3.8, 4) is 5.75 Å². The first-order chi connectivity index (χ1) is 8.29. The average molecular weight is 249 g/mol. The van der Waals surface area contributed by atoms with Gasteiger partial charge in [0.05, 0.1) is 7.11 Å². The van der Waals surface area contributed by atoms with Gasteiger partial charge >= 0.3 is 0 Å². The van der Waals surface area contributed by atoms with Crippen LogP contribution in [0.5, 0.6) is 5.75 Å². The Bertz CT molecular complexity index is 386. The van der Waals surface area contributed by atoms with Crippen molar-refractivity contribution in [3.05, 3.63) is 29.8 Å². The quantitative estimate of drug-likeness (QED) is 0.831. The Morgan fingerprint density at radius 1 is 1.29 bits per heavy atom. The average Bonchev–Trinajstić information content (AvgIpc) is 2.40. The molecule has 0 aliphatic heterocycles. The number of methoxy groups -OCH3 is 1. The lowest BCUT2D eigenvalue weighted by atomic mass is 9.95. The Morgan fingerprint density at radius 3 is 2.76 bits per heavy atom. The summed E-state index contributed by atoms with van der Waals surface area (Å²) in [7, 11) is 1.68. The number of ether oxygens (including phenoxy) is 1. The van der Waals surface area contributed by atoms with Gasteiger partial charge in [-0.3, -0.25) is 0 Å². The van der Waals surface area contributed by atoms with Crippen molar-refractivity contribution in [1.82, 2.24) is 5.32 Å². The van der Waals surface area contributed by atoms with E-state index in [0.29, 0.717) is 6.04 Å². The molecule has 1 aromatic rings. The highest BCUT2D eigenvalue weighted by molar-refractivity contribution is 7.80. The summed E-state index contributed by atoms with van der Waals surface area (Å²) in [5.41, 5.74) is 1.05. The highest BCUT2D eigenvalue weighted by Gasteiger charge is 2.14. The van der Waals surface area contributed by atoms with Crippen molar-refractivity contribution in [2.24, 2.45) is 0 Å². The molecule has 1 saturated carbocycles. The van der Waals surface area contributed by atoms with Crippen LogP contribution < -0.4 is 10.1 Å². The molecule has 17 heavy (non-hydrogen) atoms. The second-order valence-corrected chi connectivity index (χ2v) is 4.95. The maximum Gasteiger partial charge on any atom is 0.119 e. The normalized spacial score (nSPS) is 16.5. The molecule has 0 spiro atoms. The molecule has 2 nitrogen and oxygen atoms in total. The Balaban J connectivity index is 1.98. The molecule has 0 saturated heterocycles. The zero-order chi connectivity index (χ0) is 12.1. The topological polar surface area (TPSA) is 21.3 Å². The van der Waals surface area contributed by atoms with Gasteiger partial charge in [-0.05, 0) is 25.0 Å². The molecule has 0 bridgehead atoms. The smallest absolute Gasteiger partial charge is 0.119 e. The minimum Gasteiger partial charge on any atom is -0.497 e.